The van der Waals surface area contributed by atoms with Crippen molar-refractivity contribution in [2.45, 2.75) is 27.3 Å². The summed E-state index contributed by atoms with van der Waals surface area (Å²) in [6.07, 6.45) is 0. The smallest absolute Gasteiger partial charge is 0.255 e. The van der Waals surface area contributed by atoms with Gasteiger partial charge in [0, 0.05) is 43.3 Å². The second-order valence-corrected chi connectivity index (χ2v) is 7.40. The highest BCUT2D eigenvalue weighted by Crippen LogP contribution is 2.23. The van der Waals surface area contributed by atoms with Gasteiger partial charge in [-0.15, -0.1) is 0 Å². The molecule has 0 aliphatic heterocycles. The number of nitrogens with one attached hydrogen (secondary N) is 1. The third-order valence-electron chi connectivity index (χ3n) is 5.13. The molecule has 0 saturated carbocycles. The van der Waals surface area contributed by atoms with Crippen LogP contribution in [0.3, 0.4) is 0 Å². The minimum atomic E-state index is -0.121. The number of carbonyl (C=O) groups excluding carboxylic acids is 2. The molecule has 3 rings (SSSR count). The molecule has 1 N–H and O–H groups in total. The van der Waals surface area contributed by atoms with Crippen LogP contribution < -0.4 is 5.32 Å². The molecule has 5 heteroatoms. The molecule has 1 aromatic heterocycles. The van der Waals surface area contributed by atoms with Crippen LogP contribution in [0, 0.1) is 20.8 Å². The maximum atomic E-state index is 13.1. The molecule has 29 heavy (non-hydrogen) atoms. The highest BCUT2D eigenvalue weighted by Gasteiger charge is 2.20. The maximum Gasteiger partial charge on any atom is 0.255 e. The van der Waals surface area contributed by atoms with Crippen molar-refractivity contribution in [1.29, 1.82) is 0 Å². The van der Waals surface area contributed by atoms with Crippen LogP contribution in [0.2, 0.25) is 0 Å². The fourth-order valence-corrected chi connectivity index (χ4v) is 3.60. The van der Waals surface area contributed by atoms with Crippen molar-refractivity contribution in [3.8, 4) is 5.69 Å². The third kappa shape index (κ3) is 4.24. The Kier molecular flexibility index (Phi) is 5.87. The van der Waals surface area contributed by atoms with Gasteiger partial charge in [-0.05, 0) is 62.2 Å². The third-order valence-corrected chi connectivity index (χ3v) is 5.13. The van der Waals surface area contributed by atoms with Gasteiger partial charge in [0.15, 0.2) is 0 Å². The number of hydrogen-bond donors (Lipinski definition) is 1. The molecule has 0 atom stereocenters. The fraction of sp³-hybridized carbons (Fsp3) is 0.250. The van der Waals surface area contributed by atoms with Gasteiger partial charge in [-0.2, -0.15) is 0 Å². The summed E-state index contributed by atoms with van der Waals surface area (Å²) in [7, 11) is 3.41. The first-order valence-electron chi connectivity index (χ1n) is 9.64. The number of aromatic nitrogens is 1. The molecule has 2 aromatic carbocycles. The van der Waals surface area contributed by atoms with Crippen molar-refractivity contribution in [2.24, 2.45) is 0 Å². The molecule has 0 bridgehead atoms. The van der Waals surface area contributed by atoms with Crippen molar-refractivity contribution in [1.82, 2.24) is 14.8 Å². The molecule has 0 spiro atoms. The highest BCUT2D eigenvalue weighted by molar-refractivity contribution is 5.96. The number of benzene rings is 2. The van der Waals surface area contributed by atoms with Gasteiger partial charge < -0.3 is 14.8 Å². The molecule has 0 unspecified atom stereocenters. The number of amides is 2. The van der Waals surface area contributed by atoms with Gasteiger partial charge in [0.25, 0.3) is 11.8 Å². The van der Waals surface area contributed by atoms with Crippen LogP contribution >= 0.6 is 0 Å². The average molecular weight is 389 g/mol. The minimum Gasteiger partial charge on any atom is -0.355 e. The van der Waals surface area contributed by atoms with E-state index < -0.39 is 0 Å². The van der Waals surface area contributed by atoms with Crippen LogP contribution in [0.5, 0.6) is 0 Å². The Morgan fingerprint density at radius 2 is 1.69 bits per heavy atom. The number of aryl methyl sites for hydroxylation is 2. The first-order chi connectivity index (χ1) is 13.8. The van der Waals surface area contributed by atoms with E-state index in [0.29, 0.717) is 17.7 Å². The van der Waals surface area contributed by atoms with Crippen molar-refractivity contribution in [2.75, 3.05) is 14.1 Å². The van der Waals surface area contributed by atoms with E-state index in [-0.39, 0.29) is 11.8 Å². The number of nitrogens with zero attached hydrogens (tertiary/aromatic N) is 2. The van der Waals surface area contributed by atoms with Gasteiger partial charge in [-0.1, -0.05) is 24.3 Å². The minimum absolute atomic E-state index is 0.0209. The maximum absolute atomic E-state index is 13.1. The van der Waals surface area contributed by atoms with Crippen molar-refractivity contribution in [3.63, 3.8) is 0 Å². The lowest BCUT2D eigenvalue weighted by Gasteiger charge is -2.18. The zero-order valence-electron chi connectivity index (χ0n) is 17.6. The number of rotatable bonds is 5. The Hall–Kier alpha value is -3.34. The van der Waals surface area contributed by atoms with Gasteiger partial charge in [0.1, 0.15) is 0 Å². The van der Waals surface area contributed by atoms with Gasteiger partial charge in [0.2, 0.25) is 0 Å². The van der Waals surface area contributed by atoms with E-state index >= 15 is 0 Å². The van der Waals surface area contributed by atoms with Gasteiger partial charge in [0.05, 0.1) is 5.56 Å². The summed E-state index contributed by atoms with van der Waals surface area (Å²) in [5.41, 5.74) is 6.48. The summed E-state index contributed by atoms with van der Waals surface area (Å²) in [6.45, 7) is 6.53. The zero-order valence-corrected chi connectivity index (χ0v) is 17.6. The van der Waals surface area contributed by atoms with Gasteiger partial charge in [-0.25, -0.2) is 0 Å². The van der Waals surface area contributed by atoms with E-state index in [1.54, 1.807) is 31.1 Å². The Labute approximate surface area is 172 Å². The average Bonchev–Trinajstić information content (AvgIpc) is 3.01. The van der Waals surface area contributed by atoms with Gasteiger partial charge >= 0.3 is 0 Å². The highest BCUT2D eigenvalue weighted by atomic mass is 16.2. The summed E-state index contributed by atoms with van der Waals surface area (Å²) in [5, 5.41) is 2.61. The number of hydrogen-bond acceptors (Lipinski definition) is 2. The largest absolute Gasteiger partial charge is 0.355 e. The van der Waals surface area contributed by atoms with Gasteiger partial charge in [-0.3, -0.25) is 9.59 Å². The van der Waals surface area contributed by atoms with E-state index in [0.717, 1.165) is 22.6 Å². The van der Waals surface area contributed by atoms with Crippen LogP contribution in [-0.2, 0) is 6.54 Å². The second-order valence-electron chi connectivity index (χ2n) is 7.40. The Morgan fingerprint density at radius 1 is 1.00 bits per heavy atom. The Bertz CT molecular complexity index is 1050. The summed E-state index contributed by atoms with van der Waals surface area (Å²) in [6, 6.07) is 17.5. The predicted molar refractivity (Wildman–Crippen MR) is 116 cm³/mol. The van der Waals surface area contributed by atoms with Crippen LogP contribution in [0.25, 0.3) is 5.69 Å². The molecular formula is C24H27N3O2. The van der Waals surface area contributed by atoms with E-state index in [9.17, 15) is 9.59 Å². The monoisotopic (exact) mass is 389 g/mol. The fourth-order valence-electron chi connectivity index (χ4n) is 3.60. The van der Waals surface area contributed by atoms with Crippen LogP contribution in [0.4, 0.5) is 0 Å². The lowest BCUT2D eigenvalue weighted by molar-refractivity contribution is 0.0784. The zero-order chi connectivity index (χ0) is 21.1. The summed E-state index contributed by atoms with van der Waals surface area (Å²) in [5.74, 6) is -0.142. The molecule has 5 nitrogen and oxygen atoms in total. The normalized spacial score (nSPS) is 10.7. The van der Waals surface area contributed by atoms with E-state index in [1.807, 2.05) is 38.1 Å². The lowest BCUT2D eigenvalue weighted by Crippen LogP contribution is -2.26. The quantitative estimate of drug-likeness (QED) is 0.716. The standard InChI is InChI=1S/C24H27N3O2/c1-16-7-6-8-21(13-16)27-17(2)14-22(18(27)3)24(29)26(5)15-19-9-11-20(12-10-19)23(28)25-4/h6-14H,15H2,1-5H3,(H,25,28). The van der Waals surface area contributed by atoms with Crippen molar-refractivity contribution >= 4 is 11.8 Å². The summed E-state index contributed by atoms with van der Waals surface area (Å²) in [4.78, 5) is 26.5. The molecule has 1 heterocycles. The summed E-state index contributed by atoms with van der Waals surface area (Å²) >= 11 is 0. The first-order valence-corrected chi connectivity index (χ1v) is 9.64. The van der Waals surface area contributed by atoms with Crippen molar-refractivity contribution in [3.05, 3.63) is 88.2 Å². The molecular weight excluding hydrogens is 362 g/mol. The predicted octanol–water partition coefficient (Wildman–Crippen LogP) is 4.03. The topological polar surface area (TPSA) is 54.3 Å². The number of carbonyl (C=O) groups is 2. The van der Waals surface area contributed by atoms with E-state index in [2.05, 4.69) is 35.0 Å². The molecule has 150 valence electrons. The van der Waals surface area contributed by atoms with Crippen LogP contribution in [-0.4, -0.2) is 35.4 Å². The van der Waals surface area contributed by atoms with E-state index in [1.165, 1.54) is 5.56 Å². The molecule has 0 fully saturated rings. The molecule has 2 amide bonds. The SMILES string of the molecule is CNC(=O)c1ccc(CN(C)C(=O)c2cc(C)n(-c3cccc(C)c3)c2C)cc1. The molecule has 3 aromatic rings. The Balaban J connectivity index is 1.81. The lowest BCUT2D eigenvalue weighted by atomic mass is 10.1. The Morgan fingerprint density at radius 3 is 2.31 bits per heavy atom. The molecule has 0 aliphatic carbocycles. The summed E-state index contributed by atoms with van der Waals surface area (Å²) < 4.78 is 2.12. The second kappa shape index (κ2) is 8.35. The van der Waals surface area contributed by atoms with E-state index in [4.69, 9.17) is 0 Å². The van der Waals surface area contributed by atoms with Crippen LogP contribution in [0.15, 0.2) is 54.6 Å². The molecule has 0 saturated heterocycles. The molecule has 0 aliphatic rings. The van der Waals surface area contributed by atoms with Crippen molar-refractivity contribution < 1.29 is 9.59 Å². The van der Waals surface area contributed by atoms with Crippen LogP contribution in [0.1, 0.15) is 43.2 Å². The first kappa shape index (κ1) is 20.4. The molecule has 0 radical (unpaired) electrons.